The van der Waals surface area contributed by atoms with Gasteiger partial charge < -0.3 is 15.4 Å². The number of carbonyl (C=O) groups is 3. The van der Waals surface area contributed by atoms with Crippen molar-refractivity contribution in [3.05, 3.63) is 65.2 Å². The minimum atomic E-state index is -0.532. The Morgan fingerprint density at radius 2 is 1.59 bits per heavy atom. The Labute approximate surface area is 157 Å². The number of anilines is 1. The average Bonchev–Trinajstić information content (AvgIpc) is 3.21. The van der Waals surface area contributed by atoms with Crippen LogP contribution in [0.3, 0.4) is 0 Å². The molecular formula is C21H22N2O4. The zero-order chi connectivity index (χ0) is 19.2. The molecule has 6 nitrogen and oxygen atoms in total. The number of hydrogen-bond acceptors (Lipinski definition) is 4. The summed E-state index contributed by atoms with van der Waals surface area (Å²) in [4.78, 5) is 36.8. The number of nitrogens with one attached hydrogen (secondary N) is 2. The van der Waals surface area contributed by atoms with E-state index < -0.39 is 11.9 Å². The molecule has 3 rings (SSSR count). The van der Waals surface area contributed by atoms with Crippen LogP contribution in [-0.2, 0) is 4.74 Å². The predicted octanol–water partition coefficient (Wildman–Crippen LogP) is 3.40. The lowest BCUT2D eigenvalue weighted by Crippen LogP contribution is -2.32. The third-order valence-corrected chi connectivity index (χ3v) is 4.66. The maximum Gasteiger partial charge on any atom is 0.339 e. The van der Waals surface area contributed by atoms with E-state index >= 15 is 0 Å². The molecule has 6 heteroatoms. The maximum absolute atomic E-state index is 12.6. The summed E-state index contributed by atoms with van der Waals surface area (Å²) in [6.07, 6.45) is 4.26. The molecule has 140 valence electrons. The van der Waals surface area contributed by atoms with E-state index in [1.54, 1.807) is 48.5 Å². The first-order valence-corrected chi connectivity index (χ1v) is 8.98. The van der Waals surface area contributed by atoms with Gasteiger partial charge in [-0.25, -0.2) is 4.79 Å². The van der Waals surface area contributed by atoms with E-state index in [0.717, 1.165) is 25.7 Å². The highest BCUT2D eigenvalue weighted by Crippen LogP contribution is 2.19. The van der Waals surface area contributed by atoms with Gasteiger partial charge in [0.1, 0.15) is 0 Å². The van der Waals surface area contributed by atoms with E-state index in [-0.39, 0.29) is 17.5 Å². The van der Waals surface area contributed by atoms with E-state index in [9.17, 15) is 14.4 Å². The molecule has 0 heterocycles. The van der Waals surface area contributed by atoms with Crippen LogP contribution >= 0.6 is 0 Å². The fourth-order valence-electron chi connectivity index (χ4n) is 3.22. The van der Waals surface area contributed by atoms with Crippen LogP contribution in [0.25, 0.3) is 0 Å². The highest BCUT2D eigenvalue weighted by molar-refractivity contribution is 6.09. The van der Waals surface area contributed by atoms with Gasteiger partial charge in [-0.1, -0.05) is 31.0 Å². The monoisotopic (exact) mass is 366 g/mol. The lowest BCUT2D eigenvalue weighted by molar-refractivity contribution is 0.0601. The minimum absolute atomic E-state index is 0.175. The SMILES string of the molecule is COC(=O)c1ccccc1NC(=O)c1cccc(C(=O)NC2CCCC2)c1. The highest BCUT2D eigenvalue weighted by atomic mass is 16.5. The molecule has 1 aliphatic rings. The average molecular weight is 366 g/mol. The molecule has 0 atom stereocenters. The first-order chi connectivity index (χ1) is 13.1. The smallest absolute Gasteiger partial charge is 0.339 e. The Morgan fingerprint density at radius 1 is 0.926 bits per heavy atom. The zero-order valence-electron chi connectivity index (χ0n) is 15.2. The van der Waals surface area contributed by atoms with E-state index in [2.05, 4.69) is 10.6 Å². The van der Waals surface area contributed by atoms with Crippen molar-refractivity contribution in [3.63, 3.8) is 0 Å². The van der Waals surface area contributed by atoms with Crippen LogP contribution in [0.15, 0.2) is 48.5 Å². The number of ether oxygens (including phenoxy) is 1. The van der Waals surface area contributed by atoms with Crippen molar-refractivity contribution in [1.29, 1.82) is 0 Å². The minimum Gasteiger partial charge on any atom is -0.465 e. The Morgan fingerprint density at radius 3 is 2.30 bits per heavy atom. The normalized spacial score (nSPS) is 13.8. The van der Waals surface area contributed by atoms with E-state index in [4.69, 9.17) is 4.74 Å². The number of esters is 1. The van der Waals surface area contributed by atoms with Crippen LogP contribution in [0, 0.1) is 0 Å². The Hall–Kier alpha value is -3.15. The molecule has 0 spiro atoms. The van der Waals surface area contributed by atoms with Crippen LogP contribution in [0.2, 0.25) is 0 Å². The molecule has 0 aromatic heterocycles. The van der Waals surface area contributed by atoms with Crippen LogP contribution in [0.4, 0.5) is 5.69 Å². The van der Waals surface area contributed by atoms with Gasteiger partial charge in [0.25, 0.3) is 11.8 Å². The number of methoxy groups -OCH3 is 1. The lowest BCUT2D eigenvalue weighted by atomic mass is 10.1. The fourth-order valence-corrected chi connectivity index (χ4v) is 3.22. The Bertz CT molecular complexity index is 857. The second kappa shape index (κ2) is 8.49. The molecule has 27 heavy (non-hydrogen) atoms. The maximum atomic E-state index is 12.6. The van der Waals surface area contributed by atoms with Gasteiger partial charge in [-0.15, -0.1) is 0 Å². The lowest BCUT2D eigenvalue weighted by Gasteiger charge is -2.13. The molecular weight excluding hydrogens is 344 g/mol. The Balaban J connectivity index is 1.74. The zero-order valence-corrected chi connectivity index (χ0v) is 15.2. The summed E-state index contributed by atoms with van der Waals surface area (Å²) in [6, 6.07) is 13.4. The molecule has 1 aliphatic carbocycles. The van der Waals surface area contributed by atoms with Gasteiger partial charge in [-0.05, 0) is 43.2 Å². The van der Waals surface area contributed by atoms with Crippen molar-refractivity contribution in [2.45, 2.75) is 31.7 Å². The summed E-state index contributed by atoms with van der Waals surface area (Å²) < 4.78 is 4.73. The number of rotatable bonds is 5. The molecule has 0 radical (unpaired) electrons. The van der Waals surface area contributed by atoms with Gasteiger partial charge in [0.2, 0.25) is 0 Å². The highest BCUT2D eigenvalue weighted by Gasteiger charge is 2.19. The molecule has 2 aromatic rings. The molecule has 2 aromatic carbocycles. The van der Waals surface area contributed by atoms with Crippen molar-refractivity contribution in [1.82, 2.24) is 5.32 Å². The predicted molar refractivity (Wildman–Crippen MR) is 102 cm³/mol. The molecule has 0 aliphatic heterocycles. The fraction of sp³-hybridized carbons (Fsp3) is 0.286. The van der Waals surface area contributed by atoms with E-state index in [1.165, 1.54) is 7.11 Å². The number of hydrogen-bond donors (Lipinski definition) is 2. The number of benzene rings is 2. The first kappa shape index (κ1) is 18.6. The van der Waals surface area contributed by atoms with E-state index in [0.29, 0.717) is 16.8 Å². The third kappa shape index (κ3) is 4.53. The summed E-state index contributed by atoms with van der Waals surface area (Å²) in [6.45, 7) is 0. The number of para-hydroxylation sites is 1. The topological polar surface area (TPSA) is 84.5 Å². The van der Waals surface area contributed by atoms with Gasteiger partial charge >= 0.3 is 5.97 Å². The molecule has 1 saturated carbocycles. The molecule has 0 bridgehead atoms. The van der Waals surface area contributed by atoms with E-state index in [1.807, 2.05) is 0 Å². The summed E-state index contributed by atoms with van der Waals surface area (Å²) in [5.41, 5.74) is 1.41. The van der Waals surface area contributed by atoms with Crippen molar-refractivity contribution in [2.24, 2.45) is 0 Å². The molecule has 0 saturated heterocycles. The first-order valence-electron chi connectivity index (χ1n) is 8.98. The summed E-state index contributed by atoms with van der Waals surface area (Å²) in [7, 11) is 1.29. The standard InChI is InChI=1S/C21H22N2O4/c1-27-21(26)17-11-4-5-12-18(17)23-20(25)15-8-6-7-14(13-15)19(24)22-16-9-2-3-10-16/h4-8,11-13,16H,2-3,9-10H2,1H3,(H,22,24)(H,23,25). The number of carbonyl (C=O) groups excluding carboxylic acids is 3. The van der Waals surface area contributed by atoms with Gasteiger partial charge in [-0.2, -0.15) is 0 Å². The van der Waals surface area contributed by atoms with Crippen LogP contribution in [-0.4, -0.2) is 30.9 Å². The molecule has 0 unspecified atom stereocenters. The van der Waals surface area contributed by atoms with Gasteiger partial charge in [0.15, 0.2) is 0 Å². The molecule has 2 N–H and O–H groups in total. The van der Waals surface area contributed by atoms with Crippen molar-refractivity contribution >= 4 is 23.5 Å². The van der Waals surface area contributed by atoms with Crippen LogP contribution < -0.4 is 10.6 Å². The number of amides is 2. The largest absolute Gasteiger partial charge is 0.465 e. The van der Waals surface area contributed by atoms with Crippen molar-refractivity contribution in [3.8, 4) is 0 Å². The Kier molecular flexibility index (Phi) is 5.86. The van der Waals surface area contributed by atoms with Gasteiger partial charge in [-0.3, -0.25) is 9.59 Å². The summed E-state index contributed by atoms with van der Waals surface area (Å²) in [5.74, 6) is -1.11. The summed E-state index contributed by atoms with van der Waals surface area (Å²) >= 11 is 0. The summed E-state index contributed by atoms with van der Waals surface area (Å²) in [5, 5.41) is 5.72. The second-order valence-electron chi connectivity index (χ2n) is 6.53. The molecule has 1 fully saturated rings. The van der Waals surface area contributed by atoms with Crippen molar-refractivity contribution in [2.75, 3.05) is 12.4 Å². The van der Waals surface area contributed by atoms with Gasteiger partial charge in [0, 0.05) is 17.2 Å². The quantitative estimate of drug-likeness (QED) is 0.795. The van der Waals surface area contributed by atoms with Gasteiger partial charge in [0.05, 0.1) is 18.4 Å². The van der Waals surface area contributed by atoms with Crippen molar-refractivity contribution < 1.29 is 19.1 Å². The molecule has 2 amide bonds. The van der Waals surface area contributed by atoms with Crippen LogP contribution in [0.5, 0.6) is 0 Å². The van der Waals surface area contributed by atoms with Crippen LogP contribution in [0.1, 0.15) is 56.8 Å². The second-order valence-corrected chi connectivity index (χ2v) is 6.53. The third-order valence-electron chi connectivity index (χ3n) is 4.66.